The van der Waals surface area contributed by atoms with E-state index in [1.165, 1.54) is 0 Å². The maximum Gasteiger partial charge on any atom is 0.289 e. The van der Waals surface area contributed by atoms with Crippen LogP contribution in [0.5, 0.6) is 0 Å². The molecule has 0 radical (unpaired) electrons. The number of amides is 2. The predicted octanol–water partition coefficient (Wildman–Crippen LogP) is 5.23. The van der Waals surface area contributed by atoms with Gasteiger partial charge in [-0.2, -0.15) is 0 Å². The van der Waals surface area contributed by atoms with E-state index >= 15 is 0 Å². The molecule has 0 unspecified atom stereocenters. The van der Waals surface area contributed by atoms with Gasteiger partial charge in [0.1, 0.15) is 5.58 Å². The van der Waals surface area contributed by atoms with Crippen molar-refractivity contribution in [1.82, 2.24) is 4.90 Å². The van der Waals surface area contributed by atoms with Gasteiger partial charge >= 0.3 is 0 Å². The minimum atomic E-state index is -0.0761. The molecule has 0 spiro atoms. The lowest BCUT2D eigenvalue weighted by atomic mass is 10.1. The van der Waals surface area contributed by atoms with Crippen LogP contribution in [0, 0.1) is 0 Å². The van der Waals surface area contributed by atoms with Gasteiger partial charge in [0.05, 0.1) is 6.42 Å². The number of benzene rings is 3. The Morgan fingerprint density at radius 1 is 0.882 bits per heavy atom. The van der Waals surface area contributed by atoms with Crippen LogP contribution in [0.15, 0.2) is 83.3 Å². The van der Waals surface area contributed by atoms with E-state index in [9.17, 15) is 9.59 Å². The summed E-state index contributed by atoms with van der Waals surface area (Å²) in [7, 11) is 0. The number of rotatable bonds is 5. The van der Waals surface area contributed by atoms with Crippen LogP contribution in [-0.2, 0) is 11.2 Å². The number of carbonyl (C=O) groups is 2. The molecular weight excluding hydrogens is 450 g/mol. The van der Waals surface area contributed by atoms with E-state index in [1.807, 2.05) is 71.6 Å². The Kier molecular flexibility index (Phi) is 6.23. The van der Waals surface area contributed by atoms with Crippen LogP contribution in [0.4, 0.5) is 11.4 Å². The Morgan fingerprint density at radius 3 is 2.29 bits per heavy atom. The summed E-state index contributed by atoms with van der Waals surface area (Å²) in [6.07, 6.45) is 0.292. The van der Waals surface area contributed by atoms with Crippen LogP contribution in [0.1, 0.15) is 16.1 Å². The third-order valence-corrected chi connectivity index (χ3v) is 6.25. The summed E-state index contributed by atoms with van der Waals surface area (Å²) in [6.45, 7) is 2.70. The maximum absolute atomic E-state index is 12.9. The number of anilines is 2. The lowest BCUT2D eigenvalue weighted by Crippen LogP contribution is -2.48. The molecule has 0 saturated carbocycles. The Labute approximate surface area is 202 Å². The van der Waals surface area contributed by atoms with Crippen LogP contribution in [0.3, 0.4) is 0 Å². The van der Waals surface area contributed by atoms with Crippen molar-refractivity contribution < 1.29 is 14.0 Å². The molecule has 0 aliphatic carbocycles. The van der Waals surface area contributed by atoms with Gasteiger partial charge in [-0.15, -0.1) is 0 Å². The van der Waals surface area contributed by atoms with Crippen LogP contribution in [0.25, 0.3) is 11.0 Å². The van der Waals surface area contributed by atoms with Crippen LogP contribution in [0.2, 0.25) is 5.02 Å². The van der Waals surface area contributed by atoms with Gasteiger partial charge in [0.15, 0.2) is 5.76 Å². The van der Waals surface area contributed by atoms with Crippen molar-refractivity contribution in [2.24, 2.45) is 0 Å². The number of fused-ring (bicyclic) bond motifs is 1. The number of nitrogens with one attached hydrogen (secondary N) is 1. The van der Waals surface area contributed by atoms with Crippen LogP contribution >= 0.6 is 11.6 Å². The fourth-order valence-electron chi connectivity index (χ4n) is 4.16. The molecule has 0 atom stereocenters. The Bertz CT molecular complexity index is 1270. The van der Waals surface area contributed by atoms with E-state index in [0.717, 1.165) is 41.0 Å². The number of piperazine rings is 1. The first-order chi connectivity index (χ1) is 16.5. The van der Waals surface area contributed by atoms with Gasteiger partial charge in [-0.3, -0.25) is 9.59 Å². The first-order valence-electron chi connectivity index (χ1n) is 11.2. The molecule has 34 heavy (non-hydrogen) atoms. The Balaban J connectivity index is 1.14. The van der Waals surface area contributed by atoms with Crippen molar-refractivity contribution >= 4 is 45.8 Å². The molecule has 1 N–H and O–H groups in total. The van der Waals surface area contributed by atoms with Crippen molar-refractivity contribution in [1.29, 1.82) is 0 Å². The van der Waals surface area contributed by atoms with Gasteiger partial charge in [-0.05, 0) is 54.1 Å². The topological polar surface area (TPSA) is 65.8 Å². The monoisotopic (exact) mass is 473 g/mol. The smallest absolute Gasteiger partial charge is 0.289 e. The predicted molar refractivity (Wildman–Crippen MR) is 135 cm³/mol. The SMILES string of the molecule is O=C(Cc1ccc(Cl)cc1)Nc1ccc(N2CCN(C(=O)c3cc4ccccc4o3)CC2)cc1. The average molecular weight is 474 g/mol. The number of halogens is 1. The van der Waals surface area contributed by atoms with Crippen molar-refractivity contribution in [3.05, 3.63) is 95.2 Å². The molecule has 1 aromatic heterocycles. The van der Waals surface area contributed by atoms with Gasteiger partial charge in [-0.25, -0.2) is 0 Å². The van der Waals surface area contributed by atoms with E-state index in [2.05, 4.69) is 10.2 Å². The Morgan fingerprint density at radius 2 is 1.59 bits per heavy atom. The number of para-hydroxylation sites is 1. The number of hydrogen-bond acceptors (Lipinski definition) is 4. The van der Waals surface area contributed by atoms with Crippen molar-refractivity contribution in [2.75, 3.05) is 36.4 Å². The van der Waals surface area contributed by atoms with E-state index in [1.54, 1.807) is 12.1 Å². The van der Waals surface area contributed by atoms with Gasteiger partial charge < -0.3 is 19.5 Å². The van der Waals surface area contributed by atoms with Gasteiger partial charge in [0.2, 0.25) is 5.91 Å². The minimum absolute atomic E-state index is 0.0744. The highest BCUT2D eigenvalue weighted by molar-refractivity contribution is 6.30. The summed E-state index contributed by atoms with van der Waals surface area (Å²) in [5.74, 6) is 0.232. The van der Waals surface area contributed by atoms with E-state index in [0.29, 0.717) is 30.3 Å². The molecular formula is C27H24ClN3O3. The number of carbonyl (C=O) groups excluding carboxylic acids is 2. The third kappa shape index (κ3) is 4.92. The van der Waals surface area contributed by atoms with Gasteiger partial charge in [0.25, 0.3) is 5.91 Å². The largest absolute Gasteiger partial charge is 0.451 e. The highest BCUT2D eigenvalue weighted by atomic mass is 35.5. The second-order valence-electron chi connectivity index (χ2n) is 8.33. The number of nitrogens with zero attached hydrogens (tertiary/aromatic N) is 2. The number of furan rings is 1. The molecule has 172 valence electrons. The van der Waals surface area contributed by atoms with E-state index < -0.39 is 0 Å². The first-order valence-corrected chi connectivity index (χ1v) is 11.6. The summed E-state index contributed by atoms with van der Waals surface area (Å²) in [5, 5.41) is 4.52. The van der Waals surface area contributed by atoms with E-state index in [4.69, 9.17) is 16.0 Å². The van der Waals surface area contributed by atoms with E-state index in [-0.39, 0.29) is 11.8 Å². The van der Waals surface area contributed by atoms with Crippen molar-refractivity contribution in [3.8, 4) is 0 Å². The van der Waals surface area contributed by atoms with Crippen LogP contribution in [-0.4, -0.2) is 42.9 Å². The minimum Gasteiger partial charge on any atom is -0.451 e. The second kappa shape index (κ2) is 9.61. The Hall–Kier alpha value is -3.77. The molecule has 5 rings (SSSR count). The zero-order valence-electron chi connectivity index (χ0n) is 18.5. The third-order valence-electron chi connectivity index (χ3n) is 6.00. The molecule has 1 aliphatic heterocycles. The summed E-state index contributed by atoms with van der Waals surface area (Å²) in [6, 6.07) is 24.5. The molecule has 1 fully saturated rings. The van der Waals surface area contributed by atoms with Gasteiger partial charge in [0, 0.05) is 48.0 Å². The lowest BCUT2D eigenvalue weighted by Gasteiger charge is -2.35. The molecule has 1 saturated heterocycles. The standard InChI is InChI=1S/C27H24ClN3O3/c28-21-7-5-19(6-8-21)17-26(32)29-22-9-11-23(12-10-22)30-13-15-31(16-14-30)27(33)25-18-20-3-1-2-4-24(20)34-25/h1-12,18H,13-17H2,(H,29,32). The molecule has 7 heteroatoms. The number of hydrogen-bond donors (Lipinski definition) is 1. The average Bonchev–Trinajstić information content (AvgIpc) is 3.30. The molecule has 0 bridgehead atoms. The van der Waals surface area contributed by atoms with Crippen molar-refractivity contribution in [2.45, 2.75) is 6.42 Å². The fourth-order valence-corrected chi connectivity index (χ4v) is 4.29. The maximum atomic E-state index is 12.9. The summed E-state index contributed by atoms with van der Waals surface area (Å²) in [4.78, 5) is 29.3. The molecule has 2 heterocycles. The lowest BCUT2D eigenvalue weighted by molar-refractivity contribution is -0.115. The molecule has 2 amide bonds. The zero-order valence-corrected chi connectivity index (χ0v) is 19.3. The first kappa shape index (κ1) is 22.0. The van der Waals surface area contributed by atoms with Crippen molar-refractivity contribution in [3.63, 3.8) is 0 Å². The molecule has 4 aromatic rings. The molecule has 3 aromatic carbocycles. The zero-order chi connectivity index (χ0) is 23.5. The fraction of sp³-hybridized carbons (Fsp3) is 0.185. The summed E-state index contributed by atoms with van der Waals surface area (Å²) >= 11 is 5.90. The molecule has 6 nitrogen and oxygen atoms in total. The molecule has 1 aliphatic rings. The highest BCUT2D eigenvalue weighted by Gasteiger charge is 2.24. The van der Waals surface area contributed by atoms with Gasteiger partial charge in [-0.1, -0.05) is 41.9 Å². The summed E-state index contributed by atoms with van der Waals surface area (Å²) < 4.78 is 5.74. The second-order valence-corrected chi connectivity index (χ2v) is 8.76. The van der Waals surface area contributed by atoms with Crippen LogP contribution < -0.4 is 10.2 Å². The highest BCUT2D eigenvalue weighted by Crippen LogP contribution is 2.23. The summed E-state index contributed by atoms with van der Waals surface area (Å²) in [5.41, 5.74) is 3.45. The normalized spacial score (nSPS) is 13.8. The quantitative estimate of drug-likeness (QED) is 0.431.